The Morgan fingerprint density at radius 3 is 2.33 bits per heavy atom. The van der Waals surface area contributed by atoms with Crippen molar-refractivity contribution in [1.29, 1.82) is 0 Å². The molecule has 90 valence electrons. The summed E-state index contributed by atoms with van der Waals surface area (Å²) in [5.41, 5.74) is 0.326. The lowest BCUT2D eigenvalue weighted by atomic mass is 9.96. The predicted molar refractivity (Wildman–Crippen MR) is 64.2 cm³/mol. The van der Waals surface area contributed by atoms with Gasteiger partial charge in [-0.3, -0.25) is 4.90 Å². The van der Waals surface area contributed by atoms with Crippen LogP contribution in [0.2, 0.25) is 0 Å². The van der Waals surface area contributed by atoms with Gasteiger partial charge in [0.2, 0.25) is 0 Å². The van der Waals surface area contributed by atoms with Gasteiger partial charge in [0.1, 0.15) is 0 Å². The summed E-state index contributed by atoms with van der Waals surface area (Å²) in [7, 11) is 0. The third-order valence-corrected chi connectivity index (χ3v) is 3.64. The number of hydrogen-bond donors (Lipinski definition) is 1. The summed E-state index contributed by atoms with van der Waals surface area (Å²) in [6.45, 7) is 13.1. The Bertz CT molecular complexity index is 163. The molecule has 1 heterocycles. The van der Waals surface area contributed by atoms with Gasteiger partial charge in [-0.15, -0.1) is 0 Å². The molecule has 1 N–H and O–H groups in total. The van der Waals surface area contributed by atoms with Crippen molar-refractivity contribution in [3.63, 3.8) is 0 Å². The monoisotopic (exact) mass is 214 g/mol. The maximum Gasteiger partial charge on any atom is 0.0594 e. The molecule has 0 saturated carbocycles. The van der Waals surface area contributed by atoms with Crippen LogP contribution in [0.5, 0.6) is 0 Å². The molecule has 0 amide bonds. The first kappa shape index (κ1) is 12.9. The maximum atomic E-state index is 5.33. The minimum Gasteiger partial charge on any atom is -0.379 e. The molecular weight excluding hydrogens is 188 g/mol. The highest BCUT2D eigenvalue weighted by Crippen LogP contribution is 2.12. The van der Waals surface area contributed by atoms with Crippen molar-refractivity contribution in [1.82, 2.24) is 10.2 Å². The third-order valence-electron chi connectivity index (χ3n) is 3.64. The summed E-state index contributed by atoms with van der Waals surface area (Å²) in [4.78, 5) is 2.47. The summed E-state index contributed by atoms with van der Waals surface area (Å²) in [6, 6.07) is 0. The smallest absolute Gasteiger partial charge is 0.0594 e. The lowest BCUT2D eigenvalue weighted by molar-refractivity contribution is 0.0374. The highest BCUT2D eigenvalue weighted by molar-refractivity contribution is 4.80. The van der Waals surface area contributed by atoms with E-state index < -0.39 is 0 Å². The summed E-state index contributed by atoms with van der Waals surface area (Å²) in [5.74, 6) is 0. The molecule has 1 saturated heterocycles. The number of hydrogen-bond acceptors (Lipinski definition) is 3. The van der Waals surface area contributed by atoms with Crippen LogP contribution in [0.25, 0.3) is 0 Å². The Morgan fingerprint density at radius 2 is 1.80 bits per heavy atom. The zero-order valence-corrected chi connectivity index (χ0v) is 10.5. The first-order valence-corrected chi connectivity index (χ1v) is 6.25. The van der Waals surface area contributed by atoms with Crippen molar-refractivity contribution < 1.29 is 4.74 Å². The molecule has 1 fully saturated rings. The molecule has 0 radical (unpaired) electrons. The molecule has 0 aromatic rings. The van der Waals surface area contributed by atoms with Gasteiger partial charge in [-0.25, -0.2) is 0 Å². The van der Waals surface area contributed by atoms with Gasteiger partial charge in [0.15, 0.2) is 0 Å². The second-order valence-electron chi connectivity index (χ2n) is 4.65. The fourth-order valence-corrected chi connectivity index (χ4v) is 1.84. The molecule has 0 aromatic heterocycles. The second-order valence-corrected chi connectivity index (χ2v) is 4.65. The Kier molecular flexibility index (Phi) is 5.58. The van der Waals surface area contributed by atoms with E-state index in [2.05, 4.69) is 31.0 Å². The Labute approximate surface area is 94.2 Å². The van der Waals surface area contributed by atoms with Crippen molar-refractivity contribution in [2.24, 2.45) is 0 Å². The van der Waals surface area contributed by atoms with Crippen LogP contribution in [0.3, 0.4) is 0 Å². The van der Waals surface area contributed by atoms with E-state index in [9.17, 15) is 0 Å². The summed E-state index contributed by atoms with van der Waals surface area (Å²) in [5, 5.41) is 3.66. The molecular formula is C12H26N2O. The van der Waals surface area contributed by atoms with Crippen LogP contribution in [0, 0.1) is 0 Å². The molecule has 1 aliphatic rings. The van der Waals surface area contributed by atoms with Crippen molar-refractivity contribution in [2.45, 2.75) is 39.2 Å². The fourth-order valence-electron chi connectivity index (χ4n) is 1.84. The second kappa shape index (κ2) is 6.46. The summed E-state index contributed by atoms with van der Waals surface area (Å²) in [6.07, 6.45) is 2.40. The Morgan fingerprint density at radius 1 is 1.20 bits per heavy atom. The molecule has 3 nitrogen and oxygen atoms in total. The van der Waals surface area contributed by atoms with E-state index in [1.807, 2.05) is 0 Å². The average Bonchev–Trinajstić information content (AvgIpc) is 2.30. The number of rotatable bonds is 6. The third kappa shape index (κ3) is 4.49. The van der Waals surface area contributed by atoms with Gasteiger partial charge < -0.3 is 10.1 Å². The van der Waals surface area contributed by atoms with E-state index in [0.29, 0.717) is 5.54 Å². The van der Waals surface area contributed by atoms with Gasteiger partial charge in [0.25, 0.3) is 0 Å². The normalized spacial score (nSPS) is 19.4. The van der Waals surface area contributed by atoms with E-state index in [1.54, 1.807) is 0 Å². The fraction of sp³-hybridized carbons (Fsp3) is 1.00. The van der Waals surface area contributed by atoms with E-state index in [0.717, 1.165) is 39.4 Å². The van der Waals surface area contributed by atoms with Gasteiger partial charge in [-0.05, 0) is 19.8 Å². The standard InChI is InChI=1S/C12H26N2O/c1-4-12(3,5-2)13-6-7-14-8-10-15-11-9-14/h13H,4-11H2,1-3H3. The van der Waals surface area contributed by atoms with Gasteiger partial charge in [0.05, 0.1) is 13.2 Å². The zero-order chi connectivity index (χ0) is 11.1. The molecule has 0 aliphatic carbocycles. The van der Waals surface area contributed by atoms with Crippen LogP contribution in [0.1, 0.15) is 33.6 Å². The SMILES string of the molecule is CCC(C)(CC)NCCN1CCOCC1. The van der Waals surface area contributed by atoms with E-state index in [-0.39, 0.29) is 0 Å². The van der Waals surface area contributed by atoms with Gasteiger partial charge in [0, 0.05) is 31.7 Å². The van der Waals surface area contributed by atoms with Gasteiger partial charge in [-0.2, -0.15) is 0 Å². The Balaban J connectivity index is 2.14. The molecule has 1 rings (SSSR count). The highest BCUT2D eigenvalue weighted by Gasteiger charge is 2.18. The first-order valence-electron chi connectivity index (χ1n) is 6.25. The average molecular weight is 214 g/mol. The quantitative estimate of drug-likeness (QED) is 0.725. The molecule has 15 heavy (non-hydrogen) atoms. The van der Waals surface area contributed by atoms with E-state index in [1.165, 1.54) is 12.8 Å². The van der Waals surface area contributed by atoms with E-state index >= 15 is 0 Å². The summed E-state index contributed by atoms with van der Waals surface area (Å²) >= 11 is 0. The van der Waals surface area contributed by atoms with Gasteiger partial charge >= 0.3 is 0 Å². The van der Waals surface area contributed by atoms with E-state index in [4.69, 9.17) is 4.74 Å². The molecule has 0 unspecified atom stereocenters. The number of ether oxygens (including phenoxy) is 1. The number of nitrogens with one attached hydrogen (secondary N) is 1. The predicted octanol–water partition coefficient (Wildman–Crippen LogP) is 1.49. The van der Waals surface area contributed by atoms with Crippen molar-refractivity contribution >= 4 is 0 Å². The minimum absolute atomic E-state index is 0.326. The van der Waals surface area contributed by atoms with Crippen LogP contribution in [-0.4, -0.2) is 49.8 Å². The lowest BCUT2D eigenvalue weighted by Gasteiger charge is -2.31. The molecule has 0 bridgehead atoms. The van der Waals surface area contributed by atoms with Crippen LogP contribution >= 0.6 is 0 Å². The summed E-state index contributed by atoms with van der Waals surface area (Å²) < 4.78 is 5.33. The lowest BCUT2D eigenvalue weighted by Crippen LogP contribution is -2.46. The van der Waals surface area contributed by atoms with Crippen LogP contribution in [-0.2, 0) is 4.74 Å². The van der Waals surface area contributed by atoms with Crippen molar-refractivity contribution in [2.75, 3.05) is 39.4 Å². The number of morpholine rings is 1. The zero-order valence-electron chi connectivity index (χ0n) is 10.5. The van der Waals surface area contributed by atoms with Crippen molar-refractivity contribution in [3.8, 4) is 0 Å². The molecule has 3 heteroatoms. The van der Waals surface area contributed by atoms with Crippen LogP contribution < -0.4 is 5.32 Å². The maximum absolute atomic E-state index is 5.33. The Hall–Kier alpha value is -0.120. The first-order chi connectivity index (χ1) is 7.20. The minimum atomic E-state index is 0.326. The number of nitrogens with zero attached hydrogens (tertiary/aromatic N) is 1. The molecule has 0 aromatic carbocycles. The van der Waals surface area contributed by atoms with Crippen molar-refractivity contribution in [3.05, 3.63) is 0 Å². The molecule has 1 aliphatic heterocycles. The molecule has 0 atom stereocenters. The largest absolute Gasteiger partial charge is 0.379 e. The highest BCUT2D eigenvalue weighted by atomic mass is 16.5. The molecule has 0 spiro atoms. The van der Waals surface area contributed by atoms with Gasteiger partial charge in [-0.1, -0.05) is 13.8 Å². The van der Waals surface area contributed by atoms with Crippen LogP contribution in [0.15, 0.2) is 0 Å². The topological polar surface area (TPSA) is 24.5 Å². The van der Waals surface area contributed by atoms with Crippen LogP contribution in [0.4, 0.5) is 0 Å².